The average molecular weight is 456 g/mol. The smallest absolute Gasteiger partial charge is 0.179 e. The first kappa shape index (κ1) is 13.1. The molecule has 0 saturated heterocycles. The van der Waals surface area contributed by atoms with Crippen LogP contribution in [-0.4, -0.2) is 9.52 Å². The number of halogens is 3. The van der Waals surface area contributed by atoms with Crippen molar-refractivity contribution in [1.29, 1.82) is 0 Å². The molecule has 6 heteroatoms. The molecule has 0 bridgehead atoms. The molecule has 1 unspecified atom stereocenters. The Morgan fingerprint density at radius 2 is 2.14 bits per heavy atom. The van der Waals surface area contributed by atoms with Gasteiger partial charge in [0.25, 0.3) is 0 Å². The van der Waals surface area contributed by atoms with Crippen LogP contribution in [-0.2, 0) is 17.5 Å². The highest BCUT2D eigenvalue weighted by molar-refractivity contribution is 14.2. The molecule has 0 heterocycles. The highest BCUT2D eigenvalue weighted by atomic mass is 127. The van der Waals surface area contributed by atoms with Crippen LogP contribution in [0.2, 0.25) is 5.02 Å². The number of hydrogen-bond donors (Lipinski definition) is 1. The lowest BCUT2D eigenvalue weighted by Crippen LogP contribution is -2.20. The SMILES string of the molecule is O=S(O)C(I)(I)Cc1cccc(Cl)c1. The minimum atomic E-state index is -1.85. The summed E-state index contributed by atoms with van der Waals surface area (Å²) < 4.78 is 19.3. The van der Waals surface area contributed by atoms with E-state index in [0.29, 0.717) is 11.4 Å². The quantitative estimate of drug-likeness (QED) is 0.429. The van der Waals surface area contributed by atoms with Gasteiger partial charge >= 0.3 is 0 Å². The third-order valence-electron chi connectivity index (χ3n) is 1.55. The molecule has 1 N–H and O–H groups in total. The van der Waals surface area contributed by atoms with Crippen molar-refractivity contribution in [3.63, 3.8) is 0 Å². The van der Waals surface area contributed by atoms with Gasteiger partial charge in [0.05, 0.1) is 0 Å². The van der Waals surface area contributed by atoms with Crippen molar-refractivity contribution in [2.75, 3.05) is 0 Å². The molecule has 2 nitrogen and oxygen atoms in total. The van der Waals surface area contributed by atoms with Crippen molar-refractivity contribution in [3.8, 4) is 0 Å². The minimum Gasteiger partial charge on any atom is -0.304 e. The van der Waals surface area contributed by atoms with Crippen molar-refractivity contribution in [2.24, 2.45) is 0 Å². The maximum atomic E-state index is 11.0. The Kier molecular flexibility index (Phi) is 5.09. The zero-order valence-corrected chi connectivity index (χ0v) is 12.8. The predicted octanol–water partition coefficient (Wildman–Crippen LogP) is 3.63. The summed E-state index contributed by atoms with van der Waals surface area (Å²) in [6.07, 6.45) is 0.512. The van der Waals surface area contributed by atoms with E-state index in [0.717, 1.165) is 5.56 Å². The molecule has 0 amide bonds. The van der Waals surface area contributed by atoms with E-state index in [1.54, 1.807) is 12.1 Å². The van der Waals surface area contributed by atoms with E-state index >= 15 is 0 Å². The van der Waals surface area contributed by atoms with Gasteiger partial charge in [-0.2, -0.15) is 0 Å². The summed E-state index contributed by atoms with van der Waals surface area (Å²) >= 11 is 7.91. The van der Waals surface area contributed by atoms with E-state index in [-0.39, 0.29) is 0 Å². The van der Waals surface area contributed by atoms with Crippen LogP contribution >= 0.6 is 56.8 Å². The average Bonchev–Trinajstić information content (AvgIpc) is 2.02. The highest BCUT2D eigenvalue weighted by Gasteiger charge is 2.29. The molecular formula is C8H7ClI2O2S. The molecule has 1 aromatic carbocycles. The fourth-order valence-corrected chi connectivity index (χ4v) is 2.33. The van der Waals surface area contributed by atoms with E-state index in [1.165, 1.54) is 0 Å². The normalized spacial score (nSPS) is 14.0. The van der Waals surface area contributed by atoms with Crippen LogP contribution < -0.4 is 0 Å². The Bertz CT molecular complexity index is 357. The molecule has 0 radical (unpaired) electrons. The van der Waals surface area contributed by atoms with Crippen LogP contribution in [0.15, 0.2) is 24.3 Å². The zero-order chi connectivity index (χ0) is 10.8. The number of rotatable bonds is 3. The third-order valence-corrected chi connectivity index (χ3v) is 5.47. The van der Waals surface area contributed by atoms with Gasteiger partial charge in [-0.05, 0) is 62.9 Å². The fraction of sp³-hybridized carbons (Fsp3) is 0.250. The molecule has 0 aliphatic heterocycles. The van der Waals surface area contributed by atoms with Crippen LogP contribution in [0, 0.1) is 0 Å². The van der Waals surface area contributed by atoms with Crippen LogP contribution in [0.5, 0.6) is 0 Å². The topological polar surface area (TPSA) is 37.3 Å². The number of alkyl halides is 2. The molecular weight excluding hydrogens is 449 g/mol. The molecule has 1 atom stereocenters. The van der Waals surface area contributed by atoms with Crippen molar-refractivity contribution >= 4 is 67.9 Å². The Morgan fingerprint density at radius 1 is 1.50 bits per heavy atom. The molecule has 1 aromatic rings. The maximum absolute atomic E-state index is 11.0. The van der Waals surface area contributed by atoms with Crippen molar-refractivity contribution in [3.05, 3.63) is 34.9 Å². The Labute approximate surface area is 117 Å². The van der Waals surface area contributed by atoms with Crippen LogP contribution in [0.1, 0.15) is 5.56 Å². The lowest BCUT2D eigenvalue weighted by molar-refractivity contribution is 0.560. The van der Waals surface area contributed by atoms with Gasteiger partial charge in [-0.3, -0.25) is 0 Å². The summed E-state index contributed by atoms with van der Waals surface area (Å²) in [7, 11) is 0. The monoisotopic (exact) mass is 456 g/mol. The highest BCUT2D eigenvalue weighted by Crippen LogP contribution is 2.34. The van der Waals surface area contributed by atoms with Crippen LogP contribution in [0.4, 0.5) is 0 Å². The molecule has 0 aromatic heterocycles. The minimum absolute atomic E-state index is 0.512. The summed E-state index contributed by atoms with van der Waals surface area (Å²) in [5.74, 6) is 0. The maximum Gasteiger partial charge on any atom is 0.179 e. The second kappa shape index (κ2) is 5.42. The van der Waals surface area contributed by atoms with E-state index < -0.39 is 11.8 Å². The van der Waals surface area contributed by atoms with Gasteiger partial charge < -0.3 is 4.55 Å². The van der Waals surface area contributed by atoms with Crippen LogP contribution in [0.3, 0.4) is 0 Å². The van der Waals surface area contributed by atoms with Gasteiger partial charge in [-0.15, -0.1) is 0 Å². The molecule has 1 rings (SSSR count). The van der Waals surface area contributed by atoms with Gasteiger partial charge in [0, 0.05) is 11.4 Å². The standard InChI is InChI=1S/C8H7ClI2O2S/c9-7-3-1-2-6(4-7)5-8(10,11)14(12)13/h1-4H,5H2,(H,12,13). The van der Waals surface area contributed by atoms with Gasteiger partial charge in [0.1, 0.15) is 0 Å². The van der Waals surface area contributed by atoms with Crippen LogP contribution in [0.25, 0.3) is 0 Å². The Morgan fingerprint density at radius 3 is 2.64 bits per heavy atom. The Hall–Kier alpha value is 1.08. The second-order valence-corrected chi connectivity index (χ2v) is 11.5. The summed E-state index contributed by atoms with van der Waals surface area (Å²) in [6, 6.07) is 7.32. The van der Waals surface area contributed by atoms with Gasteiger partial charge in [-0.1, -0.05) is 23.7 Å². The number of hydrogen-bond acceptors (Lipinski definition) is 1. The molecule has 0 fully saturated rings. The lowest BCUT2D eigenvalue weighted by atomic mass is 10.2. The zero-order valence-electron chi connectivity index (χ0n) is 6.91. The largest absolute Gasteiger partial charge is 0.304 e. The molecule has 14 heavy (non-hydrogen) atoms. The molecule has 0 spiro atoms. The lowest BCUT2D eigenvalue weighted by Gasteiger charge is -2.15. The van der Waals surface area contributed by atoms with E-state index in [1.807, 2.05) is 57.3 Å². The van der Waals surface area contributed by atoms with E-state index in [4.69, 9.17) is 16.2 Å². The summed E-state index contributed by atoms with van der Waals surface area (Å²) in [6.45, 7) is 0. The van der Waals surface area contributed by atoms with Gasteiger partial charge in [0.15, 0.2) is 11.8 Å². The molecule has 0 aliphatic rings. The summed E-state index contributed by atoms with van der Waals surface area (Å²) in [5.41, 5.74) is 0.962. The fourth-order valence-electron chi connectivity index (χ4n) is 0.946. The van der Waals surface area contributed by atoms with E-state index in [9.17, 15) is 4.21 Å². The molecule has 0 aliphatic carbocycles. The van der Waals surface area contributed by atoms with Crippen molar-refractivity contribution in [1.82, 2.24) is 0 Å². The van der Waals surface area contributed by atoms with Crippen molar-refractivity contribution < 1.29 is 8.76 Å². The first-order valence-electron chi connectivity index (χ1n) is 3.65. The molecule has 78 valence electrons. The third kappa shape index (κ3) is 3.92. The van der Waals surface area contributed by atoms with Crippen molar-refractivity contribution in [2.45, 2.75) is 7.18 Å². The Balaban J connectivity index is 2.83. The molecule has 0 saturated carbocycles. The second-order valence-electron chi connectivity index (χ2n) is 2.69. The summed E-state index contributed by atoms with van der Waals surface area (Å²) in [5, 5.41) is 0.648. The summed E-state index contributed by atoms with van der Waals surface area (Å²) in [4.78, 5) is 0. The first-order valence-corrected chi connectivity index (χ1v) is 7.29. The number of benzene rings is 1. The van der Waals surface area contributed by atoms with E-state index in [2.05, 4.69) is 0 Å². The van der Waals surface area contributed by atoms with Gasteiger partial charge in [-0.25, -0.2) is 4.21 Å². The first-order chi connectivity index (χ1) is 6.42. The predicted molar refractivity (Wildman–Crippen MR) is 76.7 cm³/mol. The van der Waals surface area contributed by atoms with Gasteiger partial charge in [0.2, 0.25) is 0 Å².